The van der Waals surface area contributed by atoms with Crippen molar-refractivity contribution in [2.75, 3.05) is 44.6 Å². The summed E-state index contributed by atoms with van der Waals surface area (Å²) in [6, 6.07) is 3.19. The first-order valence-corrected chi connectivity index (χ1v) is 10.7. The van der Waals surface area contributed by atoms with Crippen molar-refractivity contribution in [1.82, 2.24) is 14.2 Å². The maximum atomic E-state index is 12.5. The number of piperidine rings is 1. The van der Waals surface area contributed by atoms with E-state index in [0.717, 1.165) is 12.8 Å². The van der Waals surface area contributed by atoms with Gasteiger partial charge in [0, 0.05) is 25.8 Å². The van der Waals surface area contributed by atoms with Gasteiger partial charge in [-0.2, -0.15) is 17.5 Å². The summed E-state index contributed by atoms with van der Waals surface area (Å²) in [5, 5.41) is 3.17. The Morgan fingerprint density at radius 2 is 1.78 bits per heavy atom. The van der Waals surface area contributed by atoms with E-state index in [-0.39, 0.29) is 10.8 Å². The smallest absolute Gasteiger partial charge is 0.370 e. The number of alkyl halides is 3. The predicted octanol–water partition coefficient (Wildman–Crippen LogP) is 2.55. The molecule has 6 nitrogen and oxygen atoms in total. The molecule has 0 unspecified atom stereocenters. The maximum absolute atomic E-state index is 12.5. The lowest BCUT2D eigenvalue weighted by molar-refractivity contribution is -0.148. The Kier molecular flexibility index (Phi) is 6.27. The van der Waals surface area contributed by atoms with Crippen LogP contribution in [0.25, 0.3) is 0 Å². The van der Waals surface area contributed by atoms with E-state index in [1.165, 1.54) is 15.4 Å². The summed E-state index contributed by atoms with van der Waals surface area (Å²) in [4.78, 5) is 5.82. The molecule has 0 saturated carbocycles. The van der Waals surface area contributed by atoms with Crippen LogP contribution in [0.4, 0.5) is 19.0 Å². The molecule has 3 rings (SSSR count). The van der Waals surface area contributed by atoms with Gasteiger partial charge in [0.1, 0.15) is 10.7 Å². The van der Waals surface area contributed by atoms with E-state index >= 15 is 0 Å². The number of nitrogens with zero attached hydrogens (tertiary/aromatic N) is 3. The van der Waals surface area contributed by atoms with Crippen LogP contribution in [0.15, 0.2) is 23.2 Å². The predicted molar refractivity (Wildman–Crippen MR) is 95.9 cm³/mol. The summed E-state index contributed by atoms with van der Waals surface area (Å²) < 4.78 is 63.6. The van der Waals surface area contributed by atoms with Crippen molar-refractivity contribution in [2.24, 2.45) is 5.92 Å². The lowest BCUT2D eigenvalue weighted by Gasteiger charge is -2.32. The van der Waals surface area contributed by atoms with Crippen molar-refractivity contribution in [2.45, 2.75) is 36.8 Å². The van der Waals surface area contributed by atoms with Crippen LogP contribution in [0, 0.1) is 5.92 Å². The lowest BCUT2D eigenvalue weighted by atomic mass is 9.97. The van der Waals surface area contributed by atoms with Gasteiger partial charge in [0.25, 0.3) is 0 Å². The molecule has 1 aromatic heterocycles. The molecular formula is C17H25F3N4O2S. The van der Waals surface area contributed by atoms with Crippen LogP contribution in [0.5, 0.6) is 0 Å². The number of rotatable bonds is 6. The van der Waals surface area contributed by atoms with Gasteiger partial charge >= 0.3 is 6.18 Å². The van der Waals surface area contributed by atoms with Gasteiger partial charge in [0.15, 0.2) is 0 Å². The van der Waals surface area contributed by atoms with Crippen LogP contribution in [-0.2, 0) is 10.0 Å². The molecule has 1 N–H and O–H groups in total. The molecule has 0 spiro atoms. The molecule has 0 amide bonds. The van der Waals surface area contributed by atoms with Gasteiger partial charge < -0.3 is 5.32 Å². The van der Waals surface area contributed by atoms with Crippen LogP contribution < -0.4 is 5.32 Å². The summed E-state index contributed by atoms with van der Waals surface area (Å²) in [6.45, 7) is 1.75. The molecule has 152 valence electrons. The van der Waals surface area contributed by atoms with E-state index in [0.29, 0.717) is 51.4 Å². The second-order valence-corrected chi connectivity index (χ2v) is 9.14. The standard InChI is InChI=1S/C17H25F3N4O2S/c18-17(19,20)13-23-9-5-14(6-10-23)11-21-16-4-3-15(12-22-16)27(25,26)24-7-1-2-8-24/h3-4,12,14H,1-2,5-11,13H2,(H,21,22). The normalized spacial score (nSPS) is 20.9. The molecule has 27 heavy (non-hydrogen) atoms. The van der Waals surface area contributed by atoms with Crippen molar-refractivity contribution < 1.29 is 21.6 Å². The summed E-state index contributed by atoms with van der Waals surface area (Å²) >= 11 is 0. The van der Waals surface area contributed by atoms with Crippen molar-refractivity contribution >= 4 is 15.8 Å². The molecule has 2 fully saturated rings. The van der Waals surface area contributed by atoms with Crippen molar-refractivity contribution in [3.05, 3.63) is 18.3 Å². The average Bonchev–Trinajstić information content (AvgIpc) is 3.16. The molecule has 2 aliphatic rings. The fourth-order valence-electron chi connectivity index (χ4n) is 3.57. The molecule has 3 heterocycles. The Bertz CT molecular complexity index is 711. The number of anilines is 1. The zero-order chi connectivity index (χ0) is 19.5. The first kappa shape index (κ1) is 20.3. The number of hydrogen-bond donors (Lipinski definition) is 1. The van der Waals surface area contributed by atoms with Crippen molar-refractivity contribution in [3.63, 3.8) is 0 Å². The van der Waals surface area contributed by atoms with Crippen LogP contribution in [-0.4, -0.2) is 68.1 Å². The number of aromatic nitrogens is 1. The zero-order valence-electron chi connectivity index (χ0n) is 15.1. The van der Waals surface area contributed by atoms with Gasteiger partial charge in [-0.15, -0.1) is 0 Å². The van der Waals surface area contributed by atoms with Gasteiger partial charge in [-0.1, -0.05) is 0 Å². The number of sulfonamides is 1. The maximum Gasteiger partial charge on any atom is 0.401 e. The minimum atomic E-state index is -4.15. The highest BCUT2D eigenvalue weighted by Gasteiger charge is 2.32. The number of hydrogen-bond acceptors (Lipinski definition) is 5. The quantitative estimate of drug-likeness (QED) is 0.787. The highest BCUT2D eigenvalue weighted by atomic mass is 32.2. The Labute approximate surface area is 157 Å². The van der Waals surface area contributed by atoms with Crippen LogP contribution in [0.2, 0.25) is 0 Å². The van der Waals surface area contributed by atoms with Gasteiger partial charge in [-0.05, 0) is 56.8 Å². The highest BCUT2D eigenvalue weighted by molar-refractivity contribution is 7.89. The van der Waals surface area contributed by atoms with E-state index in [1.807, 2.05) is 0 Å². The summed E-state index contributed by atoms with van der Waals surface area (Å²) in [6.07, 6.45) is 0.380. The largest absolute Gasteiger partial charge is 0.401 e. The number of likely N-dealkylation sites (tertiary alicyclic amines) is 1. The second-order valence-electron chi connectivity index (χ2n) is 7.21. The third-order valence-electron chi connectivity index (χ3n) is 5.12. The molecule has 2 aliphatic heterocycles. The molecule has 0 radical (unpaired) electrons. The van der Waals surface area contributed by atoms with E-state index in [1.54, 1.807) is 12.1 Å². The zero-order valence-corrected chi connectivity index (χ0v) is 15.9. The number of halogens is 3. The summed E-state index contributed by atoms with van der Waals surface area (Å²) in [7, 11) is -3.47. The van der Waals surface area contributed by atoms with Gasteiger partial charge in [-0.25, -0.2) is 13.4 Å². The van der Waals surface area contributed by atoms with E-state index < -0.39 is 22.7 Å². The fourth-order valence-corrected chi connectivity index (χ4v) is 5.03. The SMILES string of the molecule is O=S(=O)(c1ccc(NCC2CCN(CC(F)(F)F)CC2)nc1)N1CCCC1. The Balaban J connectivity index is 1.47. The Hall–Kier alpha value is -1.39. The molecule has 2 saturated heterocycles. The number of nitrogens with one attached hydrogen (secondary N) is 1. The molecule has 0 atom stereocenters. The summed E-state index contributed by atoms with van der Waals surface area (Å²) in [5.41, 5.74) is 0. The van der Waals surface area contributed by atoms with Crippen LogP contribution in [0.1, 0.15) is 25.7 Å². The molecular weight excluding hydrogens is 381 g/mol. The molecule has 0 aromatic carbocycles. The fraction of sp³-hybridized carbons (Fsp3) is 0.706. The third-order valence-corrected chi connectivity index (χ3v) is 7.00. The highest BCUT2D eigenvalue weighted by Crippen LogP contribution is 2.24. The first-order chi connectivity index (χ1) is 12.7. The first-order valence-electron chi connectivity index (χ1n) is 9.23. The molecule has 0 bridgehead atoms. The Morgan fingerprint density at radius 1 is 1.11 bits per heavy atom. The summed E-state index contributed by atoms with van der Waals surface area (Å²) in [5.74, 6) is 0.859. The average molecular weight is 406 g/mol. The monoisotopic (exact) mass is 406 g/mol. The lowest BCUT2D eigenvalue weighted by Crippen LogP contribution is -2.41. The van der Waals surface area contributed by atoms with Gasteiger partial charge in [0.05, 0.1) is 6.54 Å². The van der Waals surface area contributed by atoms with Crippen LogP contribution in [0.3, 0.4) is 0 Å². The van der Waals surface area contributed by atoms with E-state index in [9.17, 15) is 21.6 Å². The molecule has 10 heteroatoms. The molecule has 0 aliphatic carbocycles. The Morgan fingerprint density at radius 3 is 2.33 bits per heavy atom. The van der Waals surface area contributed by atoms with Gasteiger partial charge in [-0.3, -0.25) is 4.90 Å². The van der Waals surface area contributed by atoms with E-state index in [4.69, 9.17) is 0 Å². The van der Waals surface area contributed by atoms with Crippen molar-refractivity contribution in [1.29, 1.82) is 0 Å². The second kappa shape index (κ2) is 8.32. The molecule has 1 aromatic rings. The van der Waals surface area contributed by atoms with Crippen molar-refractivity contribution in [3.8, 4) is 0 Å². The number of pyridine rings is 1. The van der Waals surface area contributed by atoms with E-state index in [2.05, 4.69) is 10.3 Å². The minimum Gasteiger partial charge on any atom is -0.370 e. The minimum absolute atomic E-state index is 0.190. The topological polar surface area (TPSA) is 65.5 Å². The van der Waals surface area contributed by atoms with Gasteiger partial charge in [0.2, 0.25) is 10.0 Å². The van der Waals surface area contributed by atoms with Crippen LogP contribution >= 0.6 is 0 Å². The third kappa shape index (κ3) is 5.55.